The lowest BCUT2D eigenvalue weighted by molar-refractivity contribution is -0.140. The topological polar surface area (TPSA) is 51.5 Å². The molecule has 0 saturated carbocycles. The number of fused-ring (bicyclic) bond motifs is 6. The van der Waals surface area contributed by atoms with Crippen LogP contribution in [0.1, 0.15) is 29.3 Å². The lowest BCUT2D eigenvalue weighted by atomic mass is 9.71. The second kappa shape index (κ2) is 8.30. The number of amides is 1. The summed E-state index contributed by atoms with van der Waals surface area (Å²) in [4.78, 5) is 29.8. The molecule has 1 aliphatic heterocycles. The van der Waals surface area contributed by atoms with Gasteiger partial charge in [-0.2, -0.15) is 0 Å². The average molecular weight is 493 g/mol. The van der Waals surface area contributed by atoms with Gasteiger partial charge < -0.3 is 14.2 Å². The first-order valence-corrected chi connectivity index (χ1v) is 12.2. The molecule has 5 nitrogen and oxygen atoms in total. The fourth-order valence-electron chi connectivity index (χ4n) is 5.96. The van der Waals surface area contributed by atoms with Gasteiger partial charge in [0.05, 0.1) is 23.4 Å². The zero-order valence-corrected chi connectivity index (χ0v) is 20.8. The van der Waals surface area contributed by atoms with E-state index in [-0.39, 0.29) is 23.9 Å². The monoisotopic (exact) mass is 492 g/mol. The van der Waals surface area contributed by atoms with Gasteiger partial charge in [0.25, 0.3) is 0 Å². The van der Waals surface area contributed by atoms with Crippen LogP contribution in [-0.4, -0.2) is 30.1 Å². The molecule has 1 atom stereocenters. The molecule has 184 valence electrons. The predicted molar refractivity (Wildman–Crippen MR) is 143 cm³/mol. The van der Waals surface area contributed by atoms with Gasteiger partial charge in [0, 0.05) is 41.9 Å². The third kappa shape index (κ3) is 3.02. The minimum Gasteiger partial charge on any atom is -0.463 e. The summed E-state index contributed by atoms with van der Waals surface area (Å²) in [6.45, 7) is 1.92. The number of aromatic nitrogens is 1. The van der Waals surface area contributed by atoms with Gasteiger partial charge in [-0.25, -0.2) is 9.18 Å². The standard InChI is InChI=1S/C31H25FN2O3/c1-4-37-29(35)27-22(16-14-19-10-6-5-7-11-19)28-26(21-17-15-20(32)18-25(21)33(28)2)31(27)23-12-8-9-13-24(23)34(3)30(31)36/h5-18H,4H2,1-3H3/b16-14+. The molecule has 0 N–H and O–H groups in total. The maximum atomic E-state index is 14.4. The number of ether oxygens (including phenoxy) is 1. The van der Waals surface area contributed by atoms with Crippen LogP contribution in [0.25, 0.3) is 22.6 Å². The number of esters is 1. The van der Waals surface area contributed by atoms with Crippen LogP contribution in [0, 0.1) is 5.82 Å². The predicted octanol–water partition coefficient (Wildman–Crippen LogP) is 5.62. The molecule has 2 heterocycles. The van der Waals surface area contributed by atoms with E-state index in [1.807, 2.05) is 78.4 Å². The average Bonchev–Trinajstić information content (AvgIpc) is 3.45. The van der Waals surface area contributed by atoms with E-state index >= 15 is 0 Å². The molecular weight excluding hydrogens is 467 g/mol. The number of nitrogens with zero attached hydrogens (tertiary/aromatic N) is 2. The summed E-state index contributed by atoms with van der Waals surface area (Å²) in [6.07, 6.45) is 3.79. The zero-order valence-electron chi connectivity index (χ0n) is 20.8. The first-order valence-electron chi connectivity index (χ1n) is 12.2. The van der Waals surface area contributed by atoms with Crippen molar-refractivity contribution in [2.45, 2.75) is 12.3 Å². The second-order valence-corrected chi connectivity index (χ2v) is 9.33. The molecule has 4 aromatic rings. The third-order valence-corrected chi connectivity index (χ3v) is 7.45. The summed E-state index contributed by atoms with van der Waals surface area (Å²) in [5.74, 6) is -1.15. The van der Waals surface area contributed by atoms with E-state index in [9.17, 15) is 14.0 Å². The lowest BCUT2D eigenvalue weighted by Gasteiger charge is -2.27. The Balaban J connectivity index is 1.78. The Morgan fingerprint density at radius 3 is 2.49 bits per heavy atom. The lowest BCUT2D eigenvalue weighted by Crippen LogP contribution is -2.42. The van der Waals surface area contributed by atoms with Crippen LogP contribution in [0.3, 0.4) is 0 Å². The molecule has 0 bridgehead atoms. The second-order valence-electron chi connectivity index (χ2n) is 9.33. The van der Waals surface area contributed by atoms with Crippen molar-refractivity contribution in [3.8, 4) is 0 Å². The first kappa shape index (κ1) is 23.0. The quantitative estimate of drug-likeness (QED) is 0.347. The van der Waals surface area contributed by atoms with Gasteiger partial charge in [0.2, 0.25) is 5.91 Å². The van der Waals surface area contributed by atoms with Crippen LogP contribution in [0.2, 0.25) is 0 Å². The number of aryl methyl sites for hydroxylation is 1. The van der Waals surface area contributed by atoms with Gasteiger partial charge in [-0.15, -0.1) is 0 Å². The van der Waals surface area contributed by atoms with Gasteiger partial charge in [0.1, 0.15) is 11.2 Å². The Bertz CT molecular complexity index is 1660. The van der Waals surface area contributed by atoms with Crippen LogP contribution < -0.4 is 4.90 Å². The van der Waals surface area contributed by atoms with Crippen LogP contribution in [0.5, 0.6) is 0 Å². The number of rotatable bonds is 4. The van der Waals surface area contributed by atoms with E-state index in [1.165, 1.54) is 12.1 Å². The highest BCUT2D eigenvalue weighted by atomic mass is 19.1. The number of hydrogen-bond acceptors (Lipinski definition) is 3. The molecule has 2 aliphatic rings. The van der Waals surface area contributed by atoms with Gasteiger partial charge in [-0.1, -0.05) is 60.7 Å². The SMILES string of the molecule is CCOC(=O)C1=C(/C=C/c2ccccc2)c2c(c3ccc(F)cc3n2C)C12C(=O)N(C)c1ccccc12. The van der Waals surface area contributed by atoms with E-state index in [4.69, 9.17) is 4.74 Å². The molecule has 3 aromatic carbocycles. The summed E-state index contributed by atoms with van der Waals surface area (Å²) in [5, 5.41) is 0.724. The van der Waals surface area contributed by atoms with Crippen LogP contribution in [0.15, 0.2) is 84.4 Å². The Morgan fingerprint density at radius 2 is 1.73 bits per heavy atom. The highest BCUT2D eigenvalue weighted by Gasteiger charge is 2.62. The van der Waals surface area contributed by atoms with E-state index in [0.29, 0.717) is 27.9 Å². The van der Waals surface area contributed by atoms with E-state index in [1.54, 1.807) is 24.9 Å². The summed E-state index contributed by atoms with van der Waals surface area (Å²) < 4.78 is 21.9. The molecule has 1 aliphatic carbocycles. The number of halogens is 1. The Morgan fingerprint density at radius 1 is 1.00 bits per heavy atom. The Labute approximate surface area is 214 Å². The van der Waals surface area contributed by atoms with Crippen molar-refractivity contribution in [1.82, 2.24) is 4.57 Å². The fraction of sp³-hybridized carbons (Fsp3) is 0.161. The largest absolute Gasteiger partial charge is 0.463 e. The maximum Gasteiger partial charge on any atom is 0.336 e. The molecule has 6 heteroatoms. The number of carbonyl (C=O) groups excluding carboxylic acids is 2. The number of para-hydroxylation sites is 1. The molecule has 6 rings (SSSR count). The first-order chi connectivity index (χ1) is 17.9. The van der Waals surface area contributed by atoms with Crippen LogP contribution >= 0.6 is 0 Å². The fourth-order valence-corrected chi connectivity index (χ4v) is 5.96. The minimum absolute atomic E-state index is 0.169. The number of anilines is 1. The molecule has 1 aromatic heterocycles. The van der Waals surface area contributed by atoms with Crippen molar-refractivity contribution in [2.75, 3.05) is 18.6 Å². The van der Waals surface area contributed by atoms with Gasteiger partial charge in [-0.05, 0) is 36.8 Å². The summed E-state index contributed by atoms with van der Waals surface area (Å²) in [7, 11) is 3.56. The molecule has 0 radical (unpaired) electrons. The molecule has 1 amide bonds. The molecule has 1 spiro atoms. The van der Waals surface area contributed by atoms with Crippen molar-refractivity contribution in [1.29, 1.82) is 0 Å². The van der Waals surface area contributed by atoms with E-state index in [0.717, 1.165) is 16.6 Å². The van der Waals surface area contributed by atoms with Crippen molar-refractivity contribution in [2.24, 2.45) is 7.05 Å². The number of hydrogen-bond donors (Lipinski definition) is 0. The molecule has 1 unspecified atom stereocenters. The number of benzene rings is 3. The van der Waals surface area contributed by atoms with Gasteiger partial charge >= 0.3 is 5.97 Å². The summed E-state index contributed by atoms with van der Waals surface area (Å²) >= 11 is 0. The minimum atomic E-state index is -1.42. The van der Waals surface area contributed by atoms with Crippen LogP contribution in [0.4, 0.5) is 10.1 Å². The normalized spacial score (nSPS) is 18.4. The Kier molecular flexibility index (Phi) is 5.16. The number of allylic oxidation sites excluding steroid dienone is 2. The highest BCUT2D eigenvalue weighted by Crippen LogP contribution is 2.60. The smallest absolute Gasteiger partial charge is 0.336 e. The molecule has 0 fully saturated rings. The van der Waals surface area contributed by atoms with Gasteiger partial charge in [0.15, 0.2) is 0 Å². The summed E-state index contributed by atoms with van der Waals surface area (Å²) in [6, 6.07) is 21.8. The van der Waals surface area contributed by atoms with Gasteiger partial charge in [-0.3, -0.25) is 4.79 Å². The van der Waals surface area contributed by atoms with Crippen LogP contribution in [-0.2, 0) is 26.8 Å². The molecule has 37 heavy (non-hydrogen) atoms. The third-order valence-electron chi connectivity index (χ3n) is 7.45. The molecular formula is C31H25FN2O3. The van der Waals surface area contributed by atoms with E-state index < -0.39 is 11.4 Å². The van der Waals surface area contributed by atoms with Crippen molar-refractivity contribution in [3.05, 3.63) is 113 Å². The van der Waals surface area contributed by atoms with Crippen molar-refractivity contribution >= 4 is 40.1 Å². The number of likely N-dealkylation sites (N-methyl/N-ethyl adjacent to an activating group) is 1. The van der Waals surface area contributed by atoms with E-state index in [2.05, 4.69) is 0 Å². The number of carbonyl (C=O) groups is 2. The zero-order chi connectivity index (χ0) is 25.9. The summed E-state index contributed by atoms with van der Waals surface area (Å²) in [5.41, 5.74) is 3.89. The van der Waals surface area contributed by atoms with Crippen molar-refractivity contribution in [3.63, 3.8) is 0 Å². The maximum absolute atomic E-state index is 14.4. The molecule has 0 saturated heterocycles. The Hall–Kier alpha value is -4.45. The van der Waals surface area contributed by atoms with Crippen molar-refractivity contribution < 1.29 is 18.7 Å². The highest BCUT2D eigenvalue weighted by molar-refractivity contribution is 6.25.